The molecule has 78 heavy (non-hydrogen) atoms. The van der Waals surface area contributed by atoms with Crippen LogP contribution in [0.5, 0.6) is 0 Å². The van der Waals surface area contributed by atoms with Crippen LogP contribution in [0, 0.1) is 0 Å². The molecule has 0 bridgehead atoms. The molecule has 0 spiro atoms. The number of benzene rings is 12. The van der Waals surface area contributed by atoms with Crippen LogP contribution >= 0.6 is 0 Å². The van der Waals surface area contributed by atoms with Crippen molar-refractivity contribution >= 4 is 34.1 Å². The van der Waals surface area contributed by atoms with Crippen LogP contribution in [0.2, 0.25) is 0 Å². The molecule has 0 amide bonds. The lowest BCUT2D eigenvalue weighted by atomic mass is 9.73. The lowest BCUT2D eigenvalue weighted by molar-refractivity contribution is 0.878. The highest BCUT2D eigenvalue weighted by Crippen LogP contribution is 2.48. The van der Waals surface area contributed by atoms with Crippen molar-refractivity contribution in [1.29, 1.82) is 0 Å². The zero-order valence-corrected chi connectivity index (χ0v) is 43.4. The second-order valence-electron chi connectivity index (χ2n) is 20.8. The molecule has 0 atom stereocenters. The summed E-state index contributed by atoms with van der Waals surface area (Å²) >= 11 is 0. The van der Waals surface area contributed by atoms with Crippen molar-refractivity contribution in [1.82, 2.24) is 0 Å². The van der Waals surface area contributed by atoms with Gasteiger partial charge in [0.25, 0.3) is 0 Å². The number of nitrogens with zero attached hydrogens (tertiary/aromatic N) is 2. The molecule has 2 heteroatoms. The zero-order valence-electron chi connectivity index (χ0n) is 43.4. The van der Waals surface area contributed by atoms with Crippen LogP contribution in [0.25, 0.3) is 77.9 Å². The molecular formula is C76H56N2. The topological polar surface area (TPSA) is 6.48 Å². The Balaban J connectivity index is 0.788. The molecule has 370 valence electrons. The normalized spacial score (nSPS) is 12.2. The van der Waals surface area contributed by atoms with Crippen LogP contribution in [0.15, 0.2) is 291 Å². The Morgan fingerprint density at radius 2 is 0.397 bits per heavy atom. The van der Waals surface area contributed by atoms with Gasteiger partial charge in [-0.05, 0) is 199 Å². The molecule has 14 rings (SSSR count). The molecule has 0 radical (unpaired) electrons. The van der Waals surface area contributed by atoms with Crippen LogP contribution in [-0.4, -0.2) is 0 Å². The second kappa shape index (κ2) is 20.4. The Kier molecular flexibility index (Phi) is 12.2. The largest absolute Gasteiger partial charge is 0.310 e. The molecule has 0 fully saturated rings. The first-order chi connectivity index (χ1) is 38.6. The zero-order chi connectivity index (χ0) is 51.8. The van der Waals surface area contributed by atoms with Crippen molar-refractivity contribution in [2.24, 2.45) is 0 Å². The van der Waals surface area contributed by atoms with Gasteiger partial charge in [0.2, 0.25) is 0 Å². The fraction of sp³-hybridized carbons (Fsp3) is 0.0526. The minimum atomic E-state index is 1.02. The minimum Gasteiger partial charge on any atom is -0.310 e. The third-order valence-corrected chi connectivity index (χ3v) is 16.0. The lowest BCUT2D eigenvalue weighted by Crippen LogP contribution is -2.15. The monoisotopic (exact) mass is 996 g/mol. The van der Waals surface area contributed by atoms with Gasteiger partial charge < -0.3 is 9.80 Å². The summed E-state index contributed by atoms with van der Waals surface area (Å²) in [6.07, 6.45) is 4.08. The molecule has 0 saturated carbocycles. The predicted molar refractivity (Wildman–Crippen MR) is 329 cm³/mol. The highest BCUT2D eigenvalue weighted by molar-refractivity contribution is 5.89. The van der Waals surface area contributed by atoms with E-state index in [1.54, 1.807) is 0 Å². The first-order valence-corrected chi connectivity index (χ1v) is 27.4. The summed E-state index contributed by atoms with van der Waals surface area (Å²) in [6, 6.07) is 107. The van der Waals surface area contributed by atoms with Gasteiger partial charge >= 0.3 is 0 Å². The van der Waals surface area contributed by atoms with Crippen LogP contribution in [0.3, 0.4) is 0 Å². The summed E-state index contributed by atoms with van der Waals surface area (Å²) in [4.78, 5) is 4.80. The maximum atomic E-state index is 2.49. The Bertz CT molecular complexity index is 3590. The highest BCUT2D eigenvalue weighted by atomic mass is 15.1. The van der Waals surface area contributed by atoms with E-state index in [9.17, 15) is 0 Å². The minimum absolute atomic E-state index is 1.02. The van der Waals surface area contributed by atoms with Gasteiger partial charge in [0, 0.05) is 34.1 Å². The maximum Gasteiger partial charge on any atom is 0.0467 e. The van der Waals surface area contributed by atoms with Crippen LogP contribution in [-0.2, 0) is 25.7 Å². The van der Waals surface area contributed by atoms with E-state index in [0.29, 0.717) is 0 Å². The van der Waals surface area contributed by atoms with Gasteiger partial charge in [0.05, 0.1) is 0 Å². The summed E-state index contributed by atoms with van der Waals surface area (Å²) in [5, 5.41) is 0. The van der Waals surface area contributed by atoms with Gasteiger partial charge in [0.1, 0.15) is 0 Å². The Labute approximate surface area is 458 Å². The summed E-state index contributed by atoms with van der Waals surface area (Å²) in [5.41, 5.74) is 30.3. The number of hydrogen-bond acceptors (Lipinski definition) is 2. The lowest BCUT2D eigenvalue weighted by Gasteiger charge is -2.31. The third-order valence-electron chi connectivity index (χ3n) is 16.0. The smallest absolute Gasteiger partial charge is 0.0467 e. The fourth-order valence-electron chi connectivity index (χ4n) is 12.1. The molecule has 2 aliphatic rings. The first-order valence-electron chi connectivity index (χ1n) is 27.4. The van der Waals surface area contributed by atoms with Crippen LogP contribution in [0.1, 0.15) is 22.3 Å². The van der Waals surface area contributed by atoms with Gasteiger partial charge in [-0.25, -0.2) is 0 Å². The van der Waals surface area contributed by atoms with Crippen molar-refractivity contribution in [3.63, 3.8) is 0 Å². The molecule has 0 heterocycles. The molecule has 0 N–H and O–H groups in total. The molecule has 0 saturated heterocycles. The van der Waals surface area contributed by atoms with Gasteiger partial charge in [0.15, 0.2) is 0 Å². The summed E-state index contributed by atoms with van der Waals surface area (Å²) < 4.78 is 0. The van der Waals surface area contributed by atoms with Crippen LogP contribution in [0.4, 0.5) is 34.1 Å². The molecule has 0 aromatic heterocycles. The van der Waals surface area contributed by atoms with Crippen molar-refractivity contribution in [2.75, 3.05) is 9.80 Å². The van der Waals surface area contributed by atoms with E-state index in [1.165, 1.54) is 100 Å². The molecular weight excluding hydrogens is 941 g/mol. The Morgan fingerprint density at radius 1 is 0.167 bits per heavy atom. The second-order valence-corrected chi connectivity index (χ2v) is 20.8. The molecule has 0 aliphatic heterocycles. The van der Waals surface area contributed by atoms with E-state index in [4.69, 9.17) is 0 Å². The summed E-state index contributed by atoms with van der Waals surface area (Å²) in [6.45, 7) is 0. The van der Waals surface area contributed by atoms with Gasteiger partial charge in [-0.2, -0.15) is 0 Å². The fourth-order valence-corrected chi connectivity index (χ4v) is 12.1. The number of anilines is 6. The van der Waals surface area contributed by atoms with E-state index in [-0.39, 0.29) is 0 Å². The van der Waals surface area contributed by atoms with E-state index in [0.717, 1.165) is 59.8 Å². The Morgan fingerprint density at radius 3 is 0.654 bits per heavy atom. The maximum absolute atomic E-state index is 2.49. The van der Waals surface area contributed by atoms with E-state index >= 15 is 0 Å². The summed E-state index contributed by atoms with van der Waals surface area (Å²) in [5.74, 6) is 0. The average Bonchev–Trinajstić information content (AvgIpc) is 3.63. The van der Waals surface area contributed by atoms with Gasteiger partial charge in [-0.1, -0.05) is 218 Å². The molecule has 12 aromatic carbocycles. The number of aryl methyl sites for hydroxylation is 4. The third kappa shape index (κ3) is 9.08. The van der Waals surface area contributed by atoms with E-state index in [1.807, 2.05) is 0 Å². The number of rotatable bonds is 12. The number of hydrogen-bond donors (Lipinski definition) is 0. The van der Waals surface area contributed by atoms with Gasteiger partial charge in [-0.3, -0.25) is 0 Å². The van der Waals surface area contributed by atoms with Gasteiger partial charge in [-0.15, -0.1) is 0 Å². The Hall–Kier alpha value is -9.76. The average molecular weight is 997 g/mol. The SMILES string of the molecule is c1ccc(-c2ccc(N(c3ccc(-c4ccccc4)cc3)c3cccc(-c4cc5c6c(c4)CCc4cc(-c7cccc(N(c8ccc(-c9ccccc9)cc8)c8ccc(-c9ccccc9)cc8)c7)cc(c4-6)CC5)c3)cc2)cc1. The quantitative estimate of drug-likeness (QED) is 0.120. The van der Waals surface area contributed by atoms with Crippen molar-refractivity contribution in [3.05, 3.63) is 313 Å². The van der Waals surface area contributed by atoms with E-state index in [2.05, 4.69) is 301 Å². The van der Waals surface area contributed by atoms with Crippen molar-refractivity contribution < 1.29 is 0 Å². The van der Waals surface area contributed by atoms with Crippen molar-refractivity contribution in [2.45, 2.75) is 25.7 Å². The molecule has 0 unspecified atom stereocenters. The highest BCUT2D eigenvalue weighted by Gasteiger charge is 2.28. The van der Waals surface area contributed by atoms with Crippen molar-refractivity contribution in [3.8, 4) is 77.9 Å². The molecule has 2 nitrogen and oxygen atoms in total. The molecule has 2 aliphatic carbocycles. The first kappa shape index (κ1) is 46.7. The summed E-state index contributed by atoms with van der Waals surface area (Å²) in [7, 11) is 0. The predicted octanol–water partition coefficient (Wildman–Crippen LogP) is 20.5. The standard InChI is InChI=1S/C76H56N2/c1-5-15-53(16-6-1)57-31-39-69(40-32-57)77(70-41-33-58(34-42-70)54-17-7-2-8-18-54)73-25-13-23-61(51-73)67-47-63-27-29-65-49-68(50-66-30-28-64(48-67)75(63)76(65)66)62-24-14-26-74(52-62)78(71-43-35-59(36-44-71)55-19-9-3-10-20-55)72-45-37-60(38-46-72)56-21-11-4-12-22-56/h1-26,31-52H,27-30H2. The van der Waals surface area contributed by atoms with E-state index < -0.39 is 0 Å². The molecule has 12 aromatic rings. The van der Waals surface area contributed by atoms with Crippen LogP contribution < -0.4 is 9.80 Å².